The minimum absolute atomic E-state index is 0.0285. The topological polar surface area (TPSA) is 13.0 Å². The lowest BCUT2D eigenvalue weighted by Gasteiger charge is -2.45. The molecule has 0 fully saturated rings. The maximum atomic E-state index is 2.63. The van der Waals surface area contributed by atoms with Crippen molar-refractivity contribution in [3.8, 4) is 44.5 Å². The molecule has 0 radical (unpaired) electrons. The summed E-state index contributed by atoms with van der Waals surface area (Å²) in [6, 6.07) is 125. The molecular formula is C92H72B2N4. The zero-order valence-electron chi connectivity index (χ0n) is 55.9. The van der Waals surface area contributed by atoms with E-state index in [-0.39, 0.29) is 24.3 Å². The van der Waals surface area contributed by atoms with Gasteiger partial charge in [0.05, 0.1) is 11.4 Å². The first kappa shape index (κ1) is 58.9. The molecule has 466 valence electrons. The van der Waals surface area contributed by atoms with E-state index in [2.05, 4.69) is 388 Å². The van der Waals surface area contributed by atoms with Gasteiger partial charge in [-0.15, -0.1) is 0 Å². The average molecular weight is 1260 g/mol. The van der Waals surface area contributed by atoms with Crippen molar-refractivity contribution in [3.63, 3.8) is 0 Å². The molecule has 0 N–H and O–H groups in total. The Morgan fingerprint density at radius 1 is 0.255 bits per heavy atom. The van der Waals surface area contributed by atoms with Gasteiger partial charge in [0.25, 0.3) is 13.4 Å². The van der Waals surface area contributed by atoms with Crippen LogP contribution >= 0.6 is 0 Å². The van der Waals surface area contributed by atoms with Gasteiger partial charge in [-0.1, -0.05) is 295 Å². The zero-order chi connectivity index (χ0) is 65.8. The second-order valence-electron chi connectivity index (χ2n) is 28.5. The van der Waals surface area contributed by atoms with E-state index in [0.717, 1.165) is 29.2 Å². The van der Waals surface area contributed by atoms with Crippen molar-refractivity contribution in [2.24, 2.45) is 0 Å². The van der Waals surface area contributed by atoms with E-state index in [1.807, 2.05) is 0 Å². The molecule has 0 atom stereocenters. The Morgan fingerprint density at radius 3 is 1.05 bits per heavy atom. The number of hydrogen-bond donors (Lipinski definition) is 0. The molecule has 14 aromatic rings. The number of fused-ring (bicyclic) bond motifs is 8. The van der Waals surface area contributed by atoms with Gasteiger partial charge in [0, 0.05) is 79.1 Å². The highest BCUT2D eigenvalue weighted by Gasteiger charge is 2.47. The highest BCUT2D eigenvalue weighted by molar-refractivity contribution is 7.01. The summed E-state index contributed by atoms with van der Waals surface area (Å²) in [5, 5.41) is 0. The summed E-state index contributed by atoms with van der Waals surface area (Å²) < 4.78 is 0. The molecule has 4 aliphatic heterocycles. The van der Waals surface area contributed by atoms with Crippen molar-refractivity contribution in [3.05, 3.63) is 350 Å². The normalized spacial score (nSPS) is 13.3. The Morgan fingerprint density at radius 2 is 0.582 bits per heavy atom. The highest BCUT2D eigenvalue weighted by Crippen LogP contribution is 2.53. The standard InChI is InChI=1S/C92H72B2N4/c1-91(2,3)67-54-56-81-77(59-67)94-78-60-68(55-57-82(78)98(86-53-29-51-84(88(86)94)96(81)70-40-19-10-20-41-70)89-71(63-31-11-6-12-32-63)42-26-43-72(89)64-33-13-7-14-34-64)92(4,5)61-62-30-25-37-66(58-62)74-45-27-44-73(65-35-15-8-16-36-65)90(74)97-80-49-24-22-47-76(80)93-75-46-21-23-48-79(75)95(69-38-17-9-18-39-69)83-50-28-52-85(97)87(83)93/h6-60H,61H2,1-5H3. The Bertz CT molecular complexity index is 5360. The lowest BCUT2D eigenvalue weighted by atomic mass is 9.33. The Balaban J connectivity index is 0.809. The van der Waals surface area contributed by atoms with Gasteiger partial charge in [0.1, 0.15) is 0 Å². The fraction of sp³-hybridized carbons (Fsp3) is 0.0870. The molecule has 18 rings (SSSR count). The lowest BCUT2D eigenvalue weighted by Crippen LogP contribution is -2.61. The molecule has 6 heteroatoms. The second kappa shape index (κ2) is 23.4. The Kier molecular flexibility index (Phi) is 14.0. The van der Waals surface area contributed by atoms with Crippen LogP contribution in [0.5, 0.6) is 0 Å². The molecular weight excluding hydrogens is 1180 g/mol. The molecule has 0 aliphatic carbocycles. The SMILES string of the molecule is CC(C)(C)c1ccc2c(c1)B1c3cc(C(C)(C)Cc4cccc(-c5cccc(-c6ccccc6)c5N5c6ccccc6B6c7ccccc7N(c7ccccc7)c7cccc5c76)c4)ccc3N(c3c(-c4ccccc4)cccc3-c3ccccc3)c3cccc(c31)N2c1ccccc1. The van der Waals surface area contributed by atoms with Crippen molar-refractivity contribution >= 4 is 114 Å². The number of benzene rings is 14. The van der Waals surface area contributed by atoms with E-state index in [9.17, 15) is 0 Å². The number of anilines is 12. The van der Waals surface area contributed by atoms with Gasteiger partial charge < -0.3 is 19.6 Å². The highest BCUT2D eigenvalue weighted by atomic mass is 15.2. The molecule has 4 aliphatic rings. The number of para-hydroxylation sites is 6. The third kappa shape index (κ3) is 9.59. The van der Waals surface area contributed by atoms with Crippen molar-refractivity contribution < 1.29 is 0 Å². The third-order valence-electron chi connectivity index (χ3n) is 21.1. The molecule has 0 saturated carbocycles. The smallest absolute Gasteiger partial charge is 0.252 e. The van der Waals surface area contributed by atoms with Crippen LogP contribution in [-0.2, 0) is 17.3 Å². The van der Waals surface area contributed by atoms with E-state index in [0.29, 0.717) is 0 Å². The lowest BCUT2D eigenvalue weighted by molar-refractivity contribution is 0.523. The summed E-state index contributed by atoms with van der Waals surface area (Å²) in [7, 11) is 0. The summed E-state index contributed by atoms with van der Waals surface area (Å²) in [4.78, 5) is 10.2. The van der Waals surface area contributed by atoms with Crippen LogP contribution in [0.3, 0.4) is 0 Å². The van der Waals surface area contributed by atoms with E-state index in [1.165, 1.54) is 139 Å². The maximum Gasteiger partial charge on any atom is 0.252 e. The van der Waals surface area contributed by atoms with Crippen LogP contribution in [0.15, 0.2) is 334 Å². The first-order chi connectivity index (χ1) is 48.1. The molecule has 0 aromatic heterocycles. The molecule has 98 heavy (non-hydrogen) atoms. The first-order valence-corrected chi connectivity index (χ1v) is 34.6. The fourth-order valence-electron chi connectivity index (χ4n) is 16.7. The van der Waals surface area contributed by atoms with Crippen molar-refractivity contribution in [2.45, 2.75) is 51.9 Å². The van der Waals surface area contributed by atoms with Crippen LogP contribution in [0.2, 0.25) is 0 Å². The van der Waals surface area contributed by atoms with Crippen molar-refractivity contribution in [1.82, 2.24) is 0 Å². The predicted octanol–water partition coefficient (Wildman–Crippen LogP) is 20.3. The first-order valence-electron chi connectivity index (χ1n) is 34.6. The van der Waals surface area contributed by atoms with Crippen LogP contribution in [-0.4, -0.2) is 13.4 Å². The van der Waals surface area contributed by atoms with E-state index in [1.54, 1.807) is 0 Å². The molecule has 4 nitrogen and oxygen atoms in total. The summed E-state index contributed by atoms with van der Waals surface area (Å²) in [6.07, 6.45) is 0.806. The predicted molar refractivity (Wildman–Crippen MR) is 418 cm³/mol. The molecule has 0 saturated heterocycles. The Labute approximate surface area is 577 Å². The number of rotatable bonds is 11. The molecule has 14 aromatic carbocycles. The maximum absolute atomic E-state index is 2.63. The minimum atomic E-state index is -0.324. The molecule has 0 spiro atoms. The second-order valence-corrected chi connectivity index (χ2v) is 28.5. The summed E-state index contributed by atoms with van der Waals surface area (Å²) >= 11 is 0. The van der Waals surface area contributed by atoms with Gasteiger partial charge in [-0.05, 0) is 162 Å². The summed E-state index contributed by atoms with van der Waals surface area (Å²) in [5.74, 6) is 0. The molecule has 0 bridgehead atoms. The molecule has 0 amide bonds. The van der Waals surface area contributed by atoms with Gasteiger partial charge in [-0.25, -0.2) is 0 Å². The largest absolute Gasteiger partial charge is 0.311 e. The van der Waals surface area contributed by atoms with Crippen molar-refractivity contribution in [2.75, 3.05) is 19.6 Å². The number of nitrogens with zero attached hydrogens (tertiary/aromatic N) is 4. The van der Waals surface area contributed by atoms with E-state index < -0.39 is 0 Å². The zero-order valence-corrected chi connectivity index (χ0v) is 55.9. The van der Waals surface area contributed by atoms with Gasteiger partial charge in [0.15, 0.2) is 0 Å². The monoisotopic (exact) mass is 1250 g/mol. The van der Waals surface area contributed by atoms with Gasteiger partial charge in [-0.2, -0.15) is 0 Å². The molecule has 0 unspecified atom stereocenters. The Hall–Kier alpha value is -11.6. The fourth-order valence-corrected chi connectivity index (χ4v) is 16.7. The summed E-state index contributed by atoms with van der Waals surface area (Å²) in [5.41, 5.74) is 34.9. The van der Waals surface area contributed by atoms with Crippen molar-refractivity contribution in [1.29, 1.82) is 0 Å². The van der Waals surface area contributed by atoms with E-state index >= 15 is 0 Å². The van der Waals surface area contributed by atoms with Gasteiger partial charge >= 0.3 is 0 Å². The van der Waals surface area contributed by atoms with Gasteiger partial charge in [0.2, 0.25) is 0 Å². The van der Waals surface area contributed by atoms with Crippen LogP contribution in [0, 0.1) is 0 Å². The van der Waals surface area contributed by atoms with Gasteiger partial charge in [-0.3, -0.25) is 0 Å². The number of hydrogen-bond acceptors (Lipinski definition) is 4. The quantitative estimate of drug-likeness (QED) is 0.120. The third-order valence-corrected chi connectivity index (χ3v) is 21.1. The summed E-state index contributed by atoms with van der Waals surface area (Å²) in [6.45, 7) is 11.9. The van der Waals surface area contributed by atoms with Crippen LogP contribution in [0.1, 0.15) is 51.3 Å². The average Bonchev–Trinajstić information content (AvgIpc) is 0.701. The van der Waals surface area contributed by atoms with Crippen LogP contribution < -0.4 is 52.4 Å². The molecule has 4 heterocycles. The van der Waals surface area contributed by atoms with Crippen LogP contribution in [0.25, 0.3) is 44.5 Å². The minimum Gasteiger partial charge on any atom is -0.311 e. The van der Waals surface area contributed by atoms with E-state index in [4.69, 9.17) is 0 Å². The van der Waals surface area contributed by atoms with Crippen LogP contribution in [0.4, 0.5) is 68.2 Å².